The number of hydrogen-bond acceptors (Lipinski definition) is 2. The third kappa shape index (κ3) is 3.24. The number of carboxylic acids is 1. The van der Waals surface area contributed by atoms with E-state index in [0.717, 1.165) is 18.2 Å². The van der Waals surface area contributed by atoms with Crippen LogP contribution in [-0.4, -0.2) is 17.7 Å². The van der Waals surface area contributed by atoms with E-state index in [-0.39, 0.29) is 17.9 Å². The van der Waals surface area contributed by atoms with Crippen LogP contribution >= 0.6 is 11.6 Å². The van der Waals surface area contributed by atoms with Crippen LogP contribution in [0.5, 0.6) is 5.75 Å². The van der Waals surface area contributed by atoms with Crippen LogP contribution in [0.1, 0.15) is 17.3 Å². The minimum absolute atomic E-state index is 0.00892. The Kier molecular flexibility index (Phi) is 4.31. The third-order valence-electron chi connectivity index (χ3n) is 1.82. The summed E-state index contributed by atoms with van der Waals surface area (Å²) >= 11 is 5.42. The molecule has 16 heavy (non-hydrogen) atoms. The Bertz CT molecular complexity index is 429. The second kappa shape index (κ2) is 5.51. The van der Waals surface area contributed by atoms with E-state index in [1.165, 1.54) is 5.54 Å². The summed E-state index contributed by atoms with van der Waals surface area (Å²) in [5.74, 6) is -1.72. The Hall–Kier alpha value is -1.55. The van der Waals surface area contributed by atoms with Crippen molar-refractivity contribution in [1.82, 2.24) is 0 Å². The van der Waals surface area contributed by atoms with Crippen molar-refractivity contribution in [2.75, 3.05) is 6.61 Å². The number of ether oxygens (including phenoxy) is 1. The van der Waals surface area contributed by atoms with Gasteiger partial charge in [0.15, 0.2) is 0 Å². The lowest BCUT2D eigenvalue weighted by Gasteiger charge is -2.08. The van der Waals surface area contributed by atoms with Gasteiger partial charge in [-0.25, -0.2) is 9.18 Å². The lowest BCUT2D eigenvalue weighted by atomic mass is 10.2. The zero-order chi connectivity index (χ0) is 12.1. The molecule has 0 atom stereocenters. The van der Waals surface area contributed by atoms with Gasteiger partial charge in [0.05, 0.1) is 0 Å². The predicted octanol–water partition coefficient (Wildman–Crippen LogP) is 3.05. The summed E-state index contributed by atoms with van der Waals surface area (Å²) in [5.41, 5.74) is 1.95. The molecule has 0 bridgehead atoms. The highest BCUT2D eigenvalue weighted by Gasteiger charge is 2.12. The maximum Gasteiger partial charge on any atom is 0.339 e. The molecule has 0 aromatic heterocycles. The van der Waals surface area contributed by atoms with Crippen molar-refractivity contribution in [3.8, 4) is 5.75 Å². The highest BCUT2D eigenvalue weighted by molar-refractivity contribution is 6.25. The molecule has 0 aliphatic carbocycles. The molecular weight excluding hydrogens is 235 g/mol. The largest absolute Gasteiger partial charge is 0.488 e. The minimum Gasteiger partial charge on any atom is -0.488 e. The summed E-state index contributed by atoms with van der Waals surface area (Å²) < 4.78 is 18.1. The molecule has 0 radical (unpaired) electrons. The van der Waals surface area contributed by atoms with Gasteiger partial charge in [-0.2, -0.15) is 0 Å². The maximum atomic E-state index is 12.9. The highest BCUT2D eigenvalue weighted by Crippen LogP contribution is 2.20. The molecule has 1 aromatic rings. The standard InChI is InChI=1S/C11H10ClFO3/c1-7(5-12)6-16-10-4-8(13)2-3-9(10)11(14)15/h2-5H,6H2,1H3,(H,14,15)/b7-5-. The van der Waals surface area contributed by atoms with Gasteiger partial charge in [-0.3, -0.25) is 0 Å². The molecule has 1 aromatic carbocycles. The fourth-order valence-electron chi connectivity index (χ4n) is 1.02. The first-order chi connectivity index (χ1) is 7.54. The van der Waals surface area contributed by atoms with Crippen molar-refractivity contribution in [1.29, 1.82) is 0 Å². The van der Waals surface area contributed by atoms with Gasteiger partial charge in [0.25, 0.3) is 0 Å². The van der Waals surface area contributed by atoms with Gasteiger partial charge in [-0.1, -0.05) is 11.6 Å². The van der Waals surface area contributed by atoms with Crippen LogP contribution in [0.2, 0.25) is 0 Å². The monoisotopic (exact) mass is 244 g/mol. The van der Waals surface area contributed by atoms with E-state index < -0.39 is 11.8 Å². The van der Waals surface area contributed by atoms with Gasteiger partial charge < -0.3 is 9.84 Å². The van der Waals surface area contributed by atoms with Crippen LogP contribution < -0.4 is 4.74 Å². The molecule has 0 saturated carbocycles. The Balaban J connectivity index is 2.92. The van der Waals surface area contributed by atoms with E-state index in [0.29, 0.717) is 5.57 Å². The van der Waals surface area contributed by atoms with E-state index in [1.807, 2.05) is 0 Å². The molecule has 5 heteroatoms. The molecule has 0 fully saturated rings. The number of carbonyl (C=O) groups is 1. The first-order valence-corrected chi connectivity index (χ1v) is 4.89. The van der Waals surface area contributed by atoms with E-state index in [2.05, 4.69) is 0 Å². The number of hydrogen-bond donors (Lipinski definition) is 1. The molecule has 0 amide bonds. The number of benzene rings is 1. The molecule has 0 heterocycles. The van der Waals surface area contributed by atoms with Gasteiger partial charge >= 0.3 is 5.97 Å². The smallest absolute Gasteiger partial charge is 0.339 e. The highest BCUT2D eigenvalue weighted by atomic mass is 35.5. The molecule has 0 spiro atoms. The summed E-state index contributed by atoms with van der Waals surface area (Å²) in [6, 6.07) is 3.26. The molecule has 0 aliphatic rings. The van der Waals surface area contributed by atoms with Crippen molar-refractivity contribution in [2.45, 2.75) is 6.92 Å². The Morgan fingerprint density at radius 2 is 2.31 bits per heavy atom. The molecule has 1 rings (SSSR count). The topological polar surface area (TPSA) is 46.5 Å². The molecule has 0 saturated heterocycles. The number of rotatable bonds is 4. The number of carboxylic acid groups (broad SMARTS) is 1. The van der Waals surface area contributed by atoms with Crippen LogP contribution in [0.25, 0.3) is 0 Å². The van der Waals surface area contributed by atoms with Crippen molar-refractivity contribution in [3.05, 3.63) is 40.7 Å². The van der Waals surface area contributed by atoms with Crippen molar-refractivity contribution in [2.24, 2.45) is 0 Å². The van der Waals surface area contributed by atoms with E-state index in [4.69, 9.17) is 21.4 Å². The summed E-state index contributed by atoms with van der Waals surface area (Å²) in [7, 11) is 0. The molecule has 86 valence electrons. The van der Waals surface area contributed by atoms with Gasteiger partial charge in [0.2, 0.25) is 0 Å². The summed E-state index contributed by atoms with van der Waals surface area (Å²) in [4.78, 5) is 10.8. The zero-order valence-corrected chi connectivity index (χ0v) is 9.29. The fourth-order valence-corrected chi connectivity index (χ4v) is 1.08. The second-order valence-corrected chi connectivity index (χ2v) is 3.41. The zero-order valence-electron chi connectivity index (χ0n) is 8.54. The lowest BCUT2D eigenvalue weighted by molar-refractivity contribution is 0.0692. The van der Waals surface area contributed by atoms with Crippen LogP contribution in [-0.2, 0) is 0 Å². The Morgan fingerprint density at radius 3 is 2.88 bits per heavy atom. The van der Waals surface area contributed by atoms with E-state index in [9.17, 15) is 9.18 Å². The SMILES string of the molecule is C/C(=C/Cl)COc1cc(F)ccc1C(=O)O. The average Bonchev–Trinajstić information content (AvgIpc) is 2.25. The first kappa shape index (κ1) is 12.5. The lowest BCUT2D eigenvalue weighted by Crippen LogP contribution is -2.05. The van der Waals surface area contributed by atoms with Crippen LogP contribution in [0.4, 0.5) is 4.39 Å². The maximum absolute atomic E-state index is 12.9. The van der Waals surface area contributed by atoms with Crippen LogP contribution in [0.3, 0.4) is 0 Å². The third-order valence-corrected chi connectivity index (χ3v) is 2.19. The van der Waals surface area contributed by atoms with Crippen molar-refractivity contribution < 1.29 is 19.0 Å². The molecule has 3 nitrogen and oxygen atoms in total. The fraction of sp³-hybridized carbons (Fsp3) is 0.182. The normalized spacial score (nSPS) is 11.3. The Morgan fingerprint density at radius 1 is 1.62 bits per heavy atom. The summed E-state index contributed by atoms with van der Waals surface area (Å²) in [5, 5.41) is 8.84. The second-order valence-electron chi connectivity index (χ2n) is 3.19. The first-order valence-electron chi connectivity index (χ1n) is 4.46. The van der Waals surface area contributed by atoms with Gasteiger partial charge in [0.1, 0.15) is 23.7 Å². The van der Waals surface area contributed by atoms with E-state index in [1.54, 1.807) is 6.92 Å². The number of halogens is 2. The molecular formula is C11H10ClFO3. The van der Waals surface area contributed by atoms with Gasteiger partial charge in [-0.15, -0.1) is 0 Å². The van der Waals surface area contributed by atoms with Gasteiger partial charge in [0, 0.05) is 11.6 Å². The van der Waals surface area contributed by atoms with Crippen LogP contribution in [0.15, 0.2) is 29.3 Å². The summed E-state index contributed by atoms with van der Waals surface area (Å²) in [6.07, 6.45) is 0. The molecule has 0 aliphatic heterocycles. The number of aromatic carboxylic acids is 1. The summed E-state index contributed by atoms with van der Waals surface area (Å²) in [6.45, 7) is 1.83. The quantitative estimate of drug-likeness (QED) is 0.886. The average molecular weight is 245 g/mol. The Labute approximate surface area is 97.1 Å². The van der Waals surface area contributed by atoms with Crippen molar-refractivity contribution in [3.63, 3.8) is 0 Å². The van der Waals surface area contributed by atoms with Gasteiger partial charge in [-0.05, 0) is 24.6 Å². The minimum atomic E-state index is -1.16. The van der Waals surface area contributed by atoms with Crippen molar-refractivity contribution >= 4 is 17.6 Å². The van der Waals surface area contributed by atoms with E-state index >= 15 is 0 Å². The predicted molar refractivity (Wildman–Crippen MR) is 58.5 cm³/mol. The molecule has 0 unspecified atom stereocenters. The molecule has 1 N–H and O–H groups in total. The van der Waals surface area contributed by atoms with Crippen LogP contribution in [0, 0.1) is 5.82 Å².